The predicted molar refractivity (Wildman–Crippen MR) is 88.6 cm³/mol. The van der Waals surface area contributed by atoms with Gasteiger partial charge in [-0.15, -0.1) is 0 Å². The molecule has 0 saturated heterocycles. The fourth-order valence-corrected chi connectivity index (χ4v) is 2.52. The number of halogens is 1. The zero-order valence-electron chi connectivity index (χ0n) is 12.6. The van der Waals surface area contributed by atoms with Crippen molar-refractivity contribution >= 4 is 15.9 Å². The molecule has 1 heterocycles. The highest BCUT2D eigenvalue weighted by molar-refractivity contribution is 9.10. The Morgan fingerprint density at radius 1 is 1.43 bits per heavy atom. The van der Waals surface area contributed by atoms with Crippen LogP contribution in [0.25, 0.3) is 0 Å². The van der Waals surface area contributed by atoms with Crippen LogP contribution in [0.3, 0.4) is 0 Å². The van der Waals surface area contributed by atoms with Gasteiger partial charge >= 0.3 is 0 Å². The maximum absolute atomic E-state index is 5.94. The van der Waals surface area contributed by atoms with Crippen molar-refractivity contribution in [1.29, 1.82) is 0 Å². The highest BCUT2D eigenvalue weighted by Gasteiger charge is 2.11. The van der Waals surface area contributed by atoms with E-state index in [-0.39, 0.29) is 6.04 Å². The minimum atomic E-state index is 0.266. The summed E-state index contributed by atoms with van der Waals surface area (Å²) in [5.74, 6) is 0.932. The smallest absolute Gasteiger partial charge is 0.124 e. The molecule has 0 amide bonds. The maximum Gasteiger partial charge on any atom is 0.124 e. The lowest BCUT2D eigenvalue weighted by molar-refractivity contribution is 0.286. The van der Waals surface area contributed by atoms with E-state index in [0.717, 1.165) is 29.7 Å². The molecule has 0 bridgehead atoms. The third-order valence-corrected chi connectivity index (χ3v) is 3.77. The van der Waals surface area contributed by atoms with Crippen LogP contribution in [0.15, 0.2) is 41.1 Å². The van der Waals surface area contributed by atoms with Gasteiger partial charge < -0.3 is 10.1 Å². The van der Waals surface area contributed by atoms with E-state index in [0.29, 0.717) is 6.61 Å². The summed E-state index contributed by atoms with van der Waals surface area (Å²) >= 11 is 3.54. The molecule has 2 rings (SSSR count). The first-order valence-corrected chi connectivity index (χ1v) is 8.13. The second-order valence-electron chi connectivity index (χ2n) is 4.98. The topological polar surface area (TPSA) is 39.1 Å². The van der Waals surface area contributed by atoms with Gasteiger partial charge in [0.05, 0.1) is 6.54 Å². The predicted octanol–water partition coefficient (Wildman–Crippen LogP) is 3.79. The van der Waals surface area contributed by atoms with Gasteiger partial charge in [0.25, 0.3) is 0 Å². The molecule has 0 fully saturated rings. The molecule has 1 unspecified atom stereocenters. The third-order valence-electron chi connectivity index (χ3n) is 3.28. The summed E-state index contributed by atoms with van der Waals surface area (Å²) in [6.07, 6.45) is 4.84. The summed E-state index contributed by atoms with van der Waals surface area (Å²) in [4.78, 5) is 0. The lowest BCUT2D eigenvalue weighted by atomic mass is 10.1. The van der Waals surface area contributed by atoms with Crippen molar-refractivity contribution in [2.75, 3.05) is 13.2 Å². The molecule has 4 nitrogen and oxygen atoms in total. The molecule has 0 radical (unpaired) electrons. The highest BCUT2D eigenvalue weighted by Crippen LogP contribution is 2.28. The van der Waals surface area contributed by atoms with Crippen LogP contribution in [-0.2, 0) is 6.54 Å². The summed E-state index contributed by atoms with van der Waals surface area (Å²) in [5, 5.41) is 7.68. The van der Waals surface area contributed by atoms with Crippen LogP contribution in [0.4, 0.5) is 0 Å². The SMILES string of the molecule is CCCNC(C)c1cc(Br)ccc1OCCn1cccn1. The summed E-state index contributed by atoms with van der Waals surface area (Å²) < 4.78 is 8.89. The summed E-state index contributed by atoms with van der Waals surface area (Å²) in [7, 11) is 0. The van der Waals surface area contributed by atoms with Gasteiger partial charge in [-0.3, -0.25) is 4.68 Å². The number of aromatic nitrogens is 2. The van der Waals surface area contributed by atoms with Crippen molar-refractivity contribution in [2.24, 2.45) is 0 Å². The van der Waals surface area contributed by atoms with Gasteiger partial charge in [-0.25, -0.2) is 0 Å². The number of rotatable bonds is 8. The molecule has 0 aliphatic rings. The Morgan fingerprint density at radius 3 is 3.00 bits per heavy atom. The largest absolute Gasteiger partial charge is 0.491 e. The normalized spacial score (nSPS) is 12.3. The van der Waals surface area contributed by atoms with E-state index < -0.39 is 0 Å². The van der Waals surface area contributed by atoms with Crippen molar-refractivity contribution in [2.45, 2.75) is 32.9 Å². The zero-order chi connectivity index (χ0) is 15.1. The Morgan fingerprint density at radius 2 is 2.29 bits per heavy atom. The van der Waals surface area contributed by atoms with E-state index in [1.54, 1.807) is 6.20 Å². The average molecular weight is 352 g/mol. The molecule has 5 heteroatoms. The number of nitrogens with one attached hydrogen (secondary N) is 1. The van der Waals surface area contributed by atoms with Crippen LogP contribution in [-0.4, -0.2) is 22.9 Å². The first kappa shape index (κ1) is 16.0. The molecule has 0 saturated carbocycles. The summed E-state index contributed by atoms with van der Waals surface area (Å²) in [6, 6.07) is 8.34. The van der Waals surface area contributed by atoms with E-state index >= 15 is 0 Å². The third kappa shape index (κ3) is 4.86. The quantitative estimate of drug-likeness (QED) is 0.786. The molecule has 1 atom stereocenters. The number of benzene rings is 1. The fraction of sp³-hybridized carbons (Fsp3) is 0.438. The zero-order valence-corrected chi connectivity index (χ0v) is 14.1. The second kappa shape index (κ2) is 8.20. The second-order valence-corrected chi connectivity index (χ2v) is 5.89. The molecule has 0 aliphatic carbocycles. The van der Waals surface area contributed by atoms with Crippen molar-refractivity contribution in [1.82, 2.24) is 15.1 Å². The molecule has 0 spiro atoms. The van der Waals surface area contributed by atoms with Gasteiger partial charge in [0, 0.05) is 28.5 Å². The van der Waals surface area contributed by atoms with E-state index in [2.05, 4.69) is 46.3 Å². The van der Waals surface area contributed by atoms with Crippen molar-refractivity contribution in [3.8, 4) is 5.75 Å². The number of hydrogen-bond donors (Lipinski definition) is 1. The number of hydrogen-bond acceptors (Lipinski definition) is 3. The Bertz CT molecular complexity index is 542. The van der Waals surface area contributed by atoms with Gasteiger partial charge in [0.2, 0.25) is 0 Å². The number of nitrogens with zero attached hydrogens (tertiary/aromatic N) is 2. The van der Waals surface area contributed by atoms with Gasteiger partial charge in [-0.2, -0.15) is 5.10 Å². The Hall–Kier alpha value is -1.33. The molecule has 0 aliphatic heterocycles. The van der Waals surface area contributed by atoms with Crippen LogP contribution in [0, 0.1) is 0 Å². The summed E-state index contributed by atoms with van der Waals surface area (Å²) in [6.45, 7) is 6.69. The van der Waals surface area contributed by atoms with Gasteiger partial charge in [0.1, 0.15) is 12.4 Å². The van der Waals surface area contributed by atoms with E-state index in [1.807, 2.05) is 29.1 Å². The lowest BCUT2D eigenvalue weighted by Crippen LogP contribution is -2.20. The molecular weight excluding hydrogens is 330 g/mol. The molecule has 1 aromatic carbocycles. The first-order chi connectivity index (χ1) is 10.2. The van der Waals surface area contributed by atoms with E-state index in [1.165, 1.54) is 5.56 Å². The first-order valence-electron chi connectivity index (χ1n) is 7.33. The molecule has 2 aromatic rings. The minimum Gasteiger partial charge on any atom is -0.491 e. The Kier molecular flexibility index (Phi) is 6.26. The van der Waals surface area contributed by atoms with Crippen LogP contribution >= 0.6 is 15.9 Å². The van der Waals surface area contributed by atoms with E-state index in [4.69, 9.17) is 4.74 Å². The molecule has 1 aromatic heterocycles. The highest BCUT2D eigenvalue weighted by atomic mass is 79.9. The maximum atomic E-state index is 5.94. The van der Waals surface area contributed by atoms with Crippen molar-refractivity contribution in [3.63, 3.8) is 0 Å². The Labute approximate surface area is 134 Å². The fourth-order valence-electron chi connectivity index (χ4n) is 2.14. The molecular formula is C16H22BrN3O. The summed E-state index contributed by atoms with van der Waals surface area (Å²) in [5.41, 5.74) is 1.18. The van der Waals surface area contributed by atoms with Crippen molar-refractivity contribution < 1.29 is 4.74 Å². The van der Waals surface area contributed by atoms with Gasteiger partial charge in [-0.1, -0.05) is 22.9 Å². The van der Waals surface area contributed by atoms with Crippen LogP contribution in [0.2, 0.25) is 0 Å². The molecule has 114 valence electrons. The molecule has 21 heavy (non-hydrogen) atoms. The van der Waals surface area contributed by atoms with Crippen LogP contribution in [0.1, 0.15) is 31.9 Å². The standard InChI is InChI=1S/C16H22BrN3O/c1-3-7-18-13(2)15-12-14(17)5-6-16(15)21-11-10-20-9-4-8-19-20/h4-6,8-9,12-13,18H,3,7,10-11H2,1-2H3. The van der Waals surface area contributed by atoms with Gasteiger partial charge in [-0.05, 0) is 44.2 Å². The lowest BCUT2D eigenvalue weighted by Gasteiger charge is -2.18. The van der Waals surface area contributed by atoms with Crippen LogP contribution in [0.5, 0.6) is 5.75 Å². The van der Waals surface area contributed by atoms with Crippen LogP contribution < -0.4 is 10.1 Å². The monoisotopic (exact) mass is 351 g/mol. The Balaban J connectivity index is 2.00. The molecule has 1 N–H and O–H groups in total. The minimum absolute atomic E-state index is 0.266. The number of ether oxygens (including phenoxy) is 1. The van der Waals surface area contributed by atoms with Crippen molar-refractivity contribution in [3.05, 3.63) is 46.7 Å². The van der Waals surface area contributed by atoms with Gasteiger partial charge in [0.15, 0.2) is 0 Å². The van der Waals surface area contributed by atoms with E-state index in [9.17, 15) is 0 Å². The average Bonchev–Trinajstić information content (AvgIpc) is 2.99.